The molecule has 1 saturated heterocycles. The summed E-state index contributed by atoms with van der Waals surface area (Å²) in [6.07, 6.45) is 3.99. The normalized spacial score (nSPS) is 17.9. The van der Waals surface area contributed by atoms with Crippen molar-refractivity contribution in [2.75, 3.05) is 20.1 Å². The van der Waals surface area contributed by atoms with Gasteiger partial charge in [0.25, 0.3) is 5.91 Å². The quantitative estimate of drug-likeness (QED) is 0.512. The molecule has 1 fully saturated rings. The summed E-state index contributed by atoms with van der Waals surface area (Å²) in [4.78, 5) is 29.7. The zero-order valence-corrected chi connectivity index (χ0v) is 20.2. The summed E-state index contributed by atoms with van der Waals surface area (Å²) < 4.78 is 7.89. The number of amides is 2. The number of halogens is 1. The minimum Gasteiger partial charge on any atom is -0.490 e. The van der Waals surface area contributed by atoms with Gasteiger partial charge in [0.2, 0.25) is 5.91 Å². The molecular formula is C26H29ClN4O3. The fourth-order valence-electron chi connectivity index (χ4n) is 4.30. The molecule has 1 aliphatic rings. The average Bonchev–Trinajstić information content (AvgIpc) is 3.26. The SMILES string of the molecule is CN(Cc1ccccc1)C(=O)C[C@H]1CN(C(=O)c2cnn(C)c2)CC[C@@H]1Oc1cccc(Cl)c1. The summed E-state index contributed by atoms with van der Waals surface area (Å²) >= 11 is 6.13. The van der Waals surface area contributed by atoms with Crippen molar-refractivity contribution in [3.63, 3.8) is 0 Å². The van der Waals surface area contributed by atoms with Gasteiger partial charge in [0.1, 0.15) is 11.9 Å². The Labute approximate surface area is 204 Å². The van der Waals surface area contributed by atoms with Gasteiger partial charge in [-0.1, -0.05) is 48.0 Å². The van der Waals surface area contributed by atoms with Crippen LogP contribution in [0.25, 0.3) is 0 Å². The molecule has 7 nitrogen and oxygen atoms in total. The van der Waals surface area contributed by atoms with Crippen LogP contribution < -0.4 is 4.74 Å². The molecule has 34 heavy (non-hydrogen) atoms. The Balaban J connectivity index is 1.48. The number of rotatable bonds is 7. The molecule has 0 aliphatic carbocycles. The largest absolute Gasteiger partial charge is 0.490 e. The number of carbonyl (C=O) groups excluding carboxylic acids is 2. The van der Waals surface area contributed by atoms with Crippen molar-refractivity contribution in [3.05, 3.63) is 83.1 Å². The van der Waals surface area contributed by atoms with Crippen LogP contribution in [0.1, 0.15) is 28.8 Å². The van der Waals surface area contributed by atoms with E-state index in [2.05, 4.69) is 5.10 Å². The number of ether oxygens (including phenoxy) is 1. The zero-order chi connectivity index (χ0) is 24.1. The molecule has 8 heteroatoms. The third kappa shape index (κ3) is 5.97. The molecule has 2 aromatic carbocycles. The summed E-state index contributed by atoms with van der Waals surface area (Å²) in [5.41, 5.74) is 1.62. The summed E-state index contributed by atoms with van der Waals surface area (Å²) in [5.74, 6) is 0.451. The molecule has 0 saturated carbocycles. The number of hydrogen-bond donors (Lipinski definition) is 0. The van der Waals surface area contributed by atoms with Gasteiger partial charge in [0.05, 0.1) is 11.8 Å². The van der Waals surface area contributed by atoms with E-state index < -0.39 is 0 Å². The van der Waals surface area contributed by atoms with Crippen molar-refractivity contribution in [2.24, 2.45) is 13.0 Å². The molecule has 4 rings (SSSR count). The number of hydrogen-bond acceptors (Lipinski definition) is 4. The van der Waals surface area contributed by atoms with Crippen LogP contribution in [-0.4, -0.2) is 57.6 Å². The van der Waals surface area contributed by atoms with E-state index in [1.807, 2.05) is 49.5 Å². The first-order valence-corrected chi connectivity index (χ1v) is 11.7. The van der Waals surface area contributed by atoms with E-state index in [-0.39, 0.29) is 30.3 Å². The first-order valence-electron chi connectivity index (χ1n) is 11.4. The first kappa shape index (κ1) is 23.8. The molecule has 0 radical (unpaired) electrons. The number of benzene rings is 2. The topological polar surface area (TPSA) is 67.7 Å². The highest BCUT2D eigenvalue weighted by Gasteiger charge is 2.35. The highest BCUT2D eigenvalue weighted by Crippen LogP contribution is 2.28. The lowest BCUT2D eigenvalue weighted by atomic mass is 9.90. The standard InChI is InChI=1S/C26H29ClN4O3/c1-29(16-19-7-4-3-5-8-19)25(32)13-20-18-31(26(33)21-15-28-30(2)17-21)12-11-24(20)34-23-10-6-9-22(27)14-23/h3-10,14-15,17,20,24H,11-13,16,18H2,1-2H3/t20-,24-/m0/s1. The minimum atomic E-state index is -0.203. The third-order valence-corrected chi connectivity index (χ3v) is 6.35. The fraction of sp³-hybridized carbons (Fsp3) is 0.346. The van der Waals surface area contributed by atoms with E-state index >= 15 is 0 Å². The van der Waals surface area contributed by atoms with Crippen molar-refractivity contribution in [1.82, 2.24) is 19.6 Å². The van der Waals surface area contributed by atoms with E-state index in [9.17, 15) is 9.59 Å². The van der Waals surface area contributed by atoms with Crippen LogP contribution in [0.4, 0.5) is 0 Å². The van der Waals surface area contributed by atoms with Gasteiger partial charge in [0.15, 0.2) is 0 Å². The van der Waals surface area contributed by atoms with Crippen molar-refractivity contribution in [2.45, 2.75) is 25.5 Å². The summed E-state index contributed by atoms with van der Waals surface area (Å²) in [6, 6.07) is 17.2. The van der Waals surface area contributed by atoms with Crippen LogP contribution in [0.2, 0.25) is 5.02 Å². The van der Waals surface area contributed by atoms with Crippen LogP contribution in [0.5, 0.6) is 5.75 Å². The van der Waals surface area contributed by atoms with E-state index in [0.29, 0.717) is 42.4 Å². The van der Waals surface area contributed by atoms with E-state index in [4.69, 9.17) is 16.3 Å². The van der Waals surface area contributed by atoms with Gasteiger partial charge in [-0.3, -0.25) is 14.3 Å². The maximum absolute atomic E-state index is 13.2. The van der Waals surface area contributed by atoms with Gasteiger partial charge in [-0.25, -0.2) is 0 Å². The molecule has 2 amide bonds. The van der Waals surface area contributed by atoms with E-state index in [1.54, 1.807) is 46.1 Å². The second kappa shape index (κ2) is 10.7. The molecule has 1 aromatic heterocycles. The number of nitrogens with zero attached hydrogens (tertiary/aromatic N) is 4. The number of likely N-dealkylation sites (tertiary alicyclic amines) is 1. The predicted octanol–water partition coefficient (Wildman–Crippen LogP) is 4.03. The smallest absolute Gasteiger partial charge is 0.257 e. The highest BCUT2D eigenvalue weighted by atomic mass is 35.5. The van der Waals surface area contributed by atoms with Crippen LogP contribution in [0, 0.1) is 5.92 Å². The summed E-state index contributed by atoms with van der Waals surface area (Å²) in [6.45, 7) is 1.51. The Kier molecular flexibility index (Phi) is 7.53. The maximum Gasteiger partial charge on any atom is 0.257 e. The lowest BCUT2D eigenvalue weighted by Crippen LogP contribution is -2.49. The van der Waals surface area contributed by atoms with Gasteiger partial charge in [-0.2, -0.15) is 5.10 Å². The van der Waals surface area contributed by atoms with Crippen LogP contribution in [0.15, 0.2) is 67.0 Å². The molecule has 2 heterocycles. The Morgan fingerprint density at radius 3 is 2.68 bits per heavy atom. The molecule has 0 N–H and O–H groups in total. The maximum atomic E-state index is 13.2. The second-order valence-corrected chi connectivity index (χ2v) is 9.19. The summed E-state index contributed by atoms with van der Waals surface area (Å²) in [7, 11) is 3.59. The predicted molar refractivity (Wildman–Crippen MR) is 131 cm³/mol. The monoisotopic (exact) mass is 480 g/mol. The molecular weight excluding hydrogens is 452 g/mol. The Morgan fingerprint density at radius 2 is 1.97 bits per heavy atom. The Hall–Kier alpha value is -3.32. The number of aromatic nitrogens is 2. The Bertz CT molecular complexity index is 1130. The summed E-state index contributed by atoms with van der Waals surface area (Å²) in [5, 5.41) is 4.71. The number of aryl methyl sites for hydroxylation is 1. The van der Waals surface area contributed by atoms with Crippen LogP contribution in [0.3, 0.4) is 0 Å². The van der Waals surface area contributed by atoms with Crippen molar-refractivity contribution >= 4 is 23.4 Å². The van der Waals surface area contributed by atoms with Gasteiger partial charge in [0, 0.05) is 63.7 Å². The van der Waals surface area contributed by atoms with Gasteiger partial charge in [-0.05, 0) is 23.8 Å². The van der Waals surface area contributed by atoms with Crippen LogP contribution >= 0.6 is 11.6 Å². The first-order chi connectivity index (χ1) is 16.4. The molecule has 178 valence electrons. The molecule has 0 spiro atoms. The van der Waals surface area contributed by atoms with E-state index in [0.717, 1.165) is 5.56 Å². The highest BCUT2D eigenvalue weighted by molar-refractivity contribution is 6.30. The average molecular weight is 481 g/mol. The third-order valence-electron chi connectivity index (χ3n) is 6.11. The second-order valence-electron chi connectivity index (χ2n) is 8.76. The number of carbonyl (C=O) groups is 2. The Morgan fingerprint density at radius 1 is 1.18 bits per heavy atom. The van der Waals surface area contributed by atoms with Gasteiger partial charge < -0.3 is 14.5 Å². The lowest BCUT2D eigenvalue weighted by molar-refractivity contribution is -0.132. The fourth-order valence-corrected chi connectivity index (χ4v) is 4.48. The molecule has 2 atom stereocenters. The van der Waals surface area contributed by atoms with Gasteiger partial charge in [-0.15, -0.1) is 0 Å². The van der Waals surface area contributed by atoms with E-state index in [1.165, 1.54) is 0 Å². The number of piperidine rings is 1. The molecule has 3 aromatic rings. The molecule has 0 bridgehead atoms. The van der Waals surface area contributed by atoms with Gasteiger partial charge >= 0.3 is 0 Å². The molecule has 1 aliphatic heterocycles. The lowest BCUT2D eigenvalue weighted by Gasteiger charge is -2.38. The molecule has 0 unspecified atom stereocenters. The van der Waals surface area contributed by atoms with Crippen molar-refractivity contribution < 1.29 is 14.3 Å². The van der Waals surface area contributed by atoms with Crippen LogP contribution in [-0.2, 0) is 18.4 Å². The van der Waals surface area contributed by atoms with Crippen molar-refractivity contribution in [1.29, 1.82) is 0 Å². The zero-order valence-electron chi connectivity index (χ0n) is 19.4. The van der Waals surface area contributed by atoms with Crippen molar-refractivity contribution in [3.8, 4) is 5.75 Å². The minimum absolute atomic E-state index is 0.0178.